The Kier molecular flexibility index (Phi) is 11.2. The van der Waals surface area contributed by atoms with Crippen molar-refractivity contribution in [3.05, 3.63) is 63.7 Å². The number of thiazole rings is 1. The van der Waals surface area contributed by atoms with Gasteiger partial charge in [0.05, 0.1) is 17.1 Å². The summed E-state index contributed by atoms with van der Waals surface area (Å²) in [5, 5.41) is 5.98. The van der Waals surface area contributed by atoms with Crippen LogP contribution in [-0.2, 0) is 10.5 Å². The number of aromatic nitrogens is 1. The van der Waals surface area contributed by atoms with Crippen molar-refractivity contribution in [1.82, 2.24) is 10.3 Å². The molecule has 0 aliphatic carbocycles. The first-order valence-corrected chi connectivity index (χ1v) is 11.3. The largest absolute Gasteiger partial charge is 0.325 e. The van der Waals surface area contributed by atoms with E-state index in [1.807, 2.05) is 58.0 Å². The van der Waals surface area contributed by atoms with Gasteiger partial charge >= 0.3 is 0 Å². The summed E-state index contributed by atoms with van der Waals surface area (Å²) in [7, 11) is 0. The molecule has 1 aromatic carbocycles. The Hall–Kier alpha value is -1.37. The molecule has 0 aliphatic heterocycles. The summed E-state index contributed by atoms with van der Waals surface area (Å²) in [4.78, 5) is 16.6. The van der Waals surface area contributed by atoms with E-state index in [1.54, 1.807) is 23.1 Å². The van der Waals surface area contributed by atoms with Gasteiger partial charge in [-0.15, -0.1) is 23.1 Å². The molecule has 1 N–H and O–H groups in total. The van der Waals surface area contributed by atoms with Gasteiger partial charge in [0.25, 0.3) is 0 Å². The number of halogens is 1. The third-order valence-corrected chi connectivity index (χ3v) is 5.37. The molecule has 1 aromatic heterocycles. The zero-order chi connectivity index (χ0) is 19.4. The molecule has 0 unspecified atom stereocenters. The minimum absolute atomic E-state index is 0.00888. The van der Waals surface area contributed by atoms with Crippen molar-refractivity contribution < 1.29 is 4.79 Å². The maximum absolute atomic E-state index is 12.0. The van der Waals surface area contributed by atoms with Crippen LogP contribution in [0, 0.1) is 0 Å². The molecule has 0 bridgehead atoms. The van der Waals surface area contributed by atoms with E-state index in [9.17, 15) is 4.79 Å². The molecule has 0 aliphatic rings. The standard InChI is InChI=1S/C18H19BrN2OS2.C2H6/c1-3-7-16(13(2)19)21-17(22)12-23-10-15-11-24-18(20-15)14-8-5-4-6-9-14;1-2/h3-9,11H,10,12H2,1-2H3,(H,21,22);1-2H3/b7-3-,16-13-;. The van der Waals surface area contributed by atoms with Crippen LogP contribution >= 0.6 is 39.0 Å². The van der Waals surface area contributed by atoms with E-state index >= 15 is 0 Å². The molecule has 1 amide bonds. The molecule has 0 saturated heterocycles. The molecule has 0 saturated carbocycles. The molecule has 2 rings (SSSR count). The fourth-order valence-corrected chi connectivity index (χ4v) is 3.81. The van der Waals surface area contributed by atoms with Crippen molar-refractivity contribution in [2.24, 2.45) is 0 Å². The summed E-state index contributed by atoms with van der Waals surface area (Å²) in [5.74, 6) is 1.12. The quantitative estimate of drug-likeness (QED) is 0.494. The molecule has 1 heterocycles. The summed E-state index contributed by atoms with van der Waals surface area (Å²) in [5.41, 5.74) is 2.94. The Morgan fingerprint density at radius 3 is 2.62 bits per heavy atom. The predicted molar refractivity (Wildman–Crippen MR) is 120 cm³/mol. The van der Waals surface area contributed by atoms with Crippen molar-refractivity contribution in [2.75, 3.05) is 5.75 Å². The lowest BCUT2D eigenvalue weighted by molar-refractivity contribution is -0.117. The summed E-state index contributed by atoms with van der Waals surface area (Å²) < 4.78 is 0.908. The van der Waals surface area contributed by atoms with E-state index in [0.717, 1.165) is 32.2 Å². The molecule has 3 nitrogen and oxygen atoms in total. The molecule has 0 spiro atoms. The van der Waals surface area contributed by atoms with Crippen LogP contribution in [0.3, 0.4) is 0 Å². The maximum atomic E-state index is 12.0. The highest BCUT2D eigenvalue weighted by Crippen LogP contribution is 2.25. The van der Waals surface area contributed by atoms with Crippen LogP contribution in [-0.4, -0.2) is 16.6 Å². The monoisotopic (exact) mass is 452 g/mol. The van der Waals surface area contributed by atoms with E-state index in [-0.39, 0.29) is 5.91 Å². The van der Waals surface area contributed by atoms with Crippen LogP contribution < -0.4 is 5.32 Å². The van der Waals surface area contributed by atoms with Gasteiger partial charge in [-0.05, 0) is 19.9 Å². The Bertz CT molecular complexity index is 735. The first-order valence-electron chi connectivity index (χ1n) is 8.46. The summed E-state index contributed by atoms with van der Waals surface area (Å²) >= 11 is 6.60. The Morgan fingerprint density at radius 2 is 2.00 bits per heavy atom. The fourth-order valence-electron chi connectivity index (χ4n) is 1.93. The third kappa shape index (κ3) is 7.89. The van der Waals surface area contributed by atoms with Crippen LogP contribution in [0.1, 0.15) is 33.4 Å². The number of hydrogen-bond acceptors (Lipinski definition) is 4. The second-order valence-electron chi connectivity index (χ2n) is 5.00. The lowest BCUT2D eigenvalue weighted by Gasteiger charge is -2.06. The number of hydrogen-bond donors (Lipinski definition) is 1. The molecular formula is C20H25BrN2OS2. The maximum Gasteiger partial charge on any atom is 0.234 e. The van der Waals surface area contributed by atoms with Gasteiger partial charge in [-0.1, -0.05) is 66.2 Å². The van der Waals surface area contributed by atoms with E-state index < -0.39 is 0 Å². The minimum Gasteiger partial charge on any atom is -0.325 e. The van der Waals surface area contributed by atoms with E-state index in [0.29, 0.717) is 5.75 Å². The highest BCUT2D eigenvalue weighted by atomic mass is 79.9. The molecule has 0 radical (unpaired) electrons. The van der Waals surface area contributed by atoms with Crippen LogP contribution in [0.2, 0.25) is 0 Å². The van der Waals surface area contributed by atoms with Gasteiger partial charge in [0.1, 0.15) is 5.01 Å². The zero-order valence-electron chi connectivity index (χ0n) is 15.6. The zero-order valence-corrected chi connectivity index (χ0v) is 18.8. The van der Waals surface area contributed by atoms with Crippen molar-refractivity contribution in [3.8, 4) is 10.6 Å². The molecule has 2 aromatic rings. The number of carbonyl (C=O) groups is 1. The minimum atomic E-state index is -0.00888. The molecule has 26 heavy (non-hydrogen) atoms. The van der Waals surface area contributed by atoms with E-state index in [1.165, 1.54) is 0 Å². The van der Waals surface area contributed by atoms with Crippen molar-refractivity contribution in [1.29, 1.82) is 0 Å². The highest BCUT2D eigenvalue weighted by molar-refractivity contribution is 9.11. The normalized spacial score (nSPS) is 11.6. The summed E-state index contributed by atoms with van der Waals surface area (Å²) in [6.45, 7) is 7.83. The van der Waals surface area contributed by atoms with Gasteiger partial charge in [0.2, 0.25) is 5.91 Å². The molecular weight excluding hydrogens is 428 g/mol. The van der Waals surface area contributed by atoms with Crippen LogP contribution in [0.4, 0.5) is 0 Å². The number of rotatable bonds is 7. The lowest BCUT2D eigenvalue weighted by atomic mass is 10.2. The van der Waals surface area contributed by atoms with Crippen LogP contribution in [0.5, 0.6) is 0 Å². The smallest absolute Gasteiger partial charge is 0.234 e. The van der Waals surface area contributed by atoms with E-state index in [2.05, 4.69) is 43.7 Å². The summed E-state index contributed by atoms with van der Waals surface area (Å²) in [6.07, 6.45) is 3.77. The number of nitrogens with zero attached hydrogens (tertiary/aromatic N) is 1. The van der Waals surface area contributed by atoms with Gasteiger partial charge in [0.15, 0.2) is 0 Å². The Balaban J connectivity index is 0.00000163. The van der Waals surface area contributed by atoms with Gasteiger partial charge in [-0.25, -0.2) is 4.98 Å². The van der Waals surface area contributed by atoms with Crippen molar-refractivity contribution in [2.45, 2.75) is 33.4 Å². The lowest BCUT2D eigenvalue weighted by Crippen LogP contribution is -2.24. The molecule has 0 atom stereocenters. The molecule has 140 valence electrons. The average molecular weight is 453 g/mol. The van der Waals surface area contributed by atoms with E-state index in [4.69, 9.17) is 0 Å². The number of carbonyl (C=O) groups excluding carboxylic acids is 1. The number of nitrogens with one attached hydrogen (secondary N) is 1. The predicted octanol–water partition coefficient (Wildman–Crippen LogP) is 6.39. The van der Waals surface area contributed by atoms with Gasteiger partial charge in [0, 0.05) is 21.2 Å². The Morgan fingerprint density at radius 1 is 1.31 bits per heavy atom. The second-order valence-corrected chi connectivity index (χ2v) is 8.03. The number of allylic oxidation sites excluding steroid dienone is 3. The Labute approximate surface area is 173 Å². The number of amides is 1. The second kappa shape index (κ2) is 12.9. The SMILES string of the molecule is C/C=C\C(NC(=O)CSCc1csc(-c2ccccc2)n1)=C(/C)Br.CC. The number of thioether (sulfide) groups is 1. The third-order valence-electron chi connectivity index (χ3n) is 3.03. The highest BCUT2D eigenvalue weighted by Gasteiger charge is 2.08. The first-order chi connectivity index (χ1) is 12.6. The average Bonchev–Trinajstić information content (AvgIpc) is 3.12. The number of benzene rings is 1. The van der Waals surface area contributed by atoms with Gasteiger partial charge < -0.3 is 5.32 Å². The van der Waals surface area contributed by atoms with Crippen molar-refractivity contribution >= 4 is 44.9 Å². The van der Waals surface area contributed by atoms with Gasteiger partial charge in [-0.3, -0.25) is 4.79 Å². The molecule has 0 fully saturated rings. The van der Waals surface area contributed by atoms with Gasteiger partial charge in [-0.2, -0.15) is 0 Å². The molecule has 6 heteroatoms. The van der Waals surface area contributed by atoms with Crippen LogP contribution in [0.25, 0.3) is 10.6 Å². The van der Waals surface area contributed by atoms with Crippen molar-refractivity contribution in [3.63, 3.8) is 0 Å². The van der Waals surface area contributed by atoms with Crippen LogP contribution in [0.15, 0.2) is 58.0 Å². The summed E-state index contributed by atoms with van der Waals surface area (Å²) in [6, 6.07) is 10.1. The topological polar surface area (TPSA) is 42.0 Å². The first kappa shape index (κ1) is 22.7. The fraction of sp³-hybridized carbons (Fsp3) is 0.300.